The standard InChI is InChI=1S/C19H24ClN5O/c20-16-5-1-3-14(11-16)6-7-18(26)24-9-2-4-15(13-24)19-23-22-17-12-21-8-10-25(17)19/h1,3,5,11,15,21H,2,4,6-10,12-13H2. The summed E-state index contributed by atoms with van der Waals surface area (Å²) in [6, 6.07) is 7.75. The highest BCUT2D eigenvalue weighted by molar-refractivity contribution is 6.30. The van der Waals surface area contributed by atoms with Gasteiger partial charge in [0, 0.05) is 43.5 Å². The van der Waals surface area contributed by atoms with E-state index in [1.807, 2.05) is 29.2 Å². The fourth-order valence-electron chi connectivity index (χ4n) is 3.93. The first kappa shape index (κ1) is 17.5. The minimum absolute atomic E-state index is 0.217. The number of nitrogens with zero attached hydrogens (tertiary/aromatic N) is 4. The number of benzene rings is 1. The summed E-state index contributed by atoms with van der Waals surface area (Å²) in [5.41, 5.74) is 1.11. The van der Waals surface area contributed by atoms with E-state index in [4.69, 9.17) is 11.6 Å². The number of carbonyl (C=O) groups is 1. The number of nitrogens with one attached hydrogen (secondary N) is 1. The summed E-state index contributed by atoms with van der Waals surface area (Å²) < 4.78 is 2.24. The number of fused-ring (bicyclic) bond motifs is 1. The highest BCUT2D eigenvalue weighted by Gasteiger charge is 2.29. The first-order chi connectivity index (χ1) is 12.7. The Labute approximate surface area is 158 Å². The van der Waals surface area contributed by atoms with Crippen molar-refractivity contribution in [2.45, 2.75) is 44.7 Å². The van der Waals surface area contributed by atoms with Crippen molar-refractivity contribution >= 4 is 17.5 Å². The van der Waals surface area contributed by atoms with Gasteiger partial charge in [0.25, 0.3) is 0 Å². The summed E-state index contributed by atoms with van der Waals surface area (Å²) in [5.74, 6) is 2.57. The summed E-state index contributed by atoms with van der Waals surface area (Å²) in [4.78, 5) is 14.7. The quantitative estimate of drug-likeness (QED) is 0.893. The van der Waals surface area contributed by atoms with Gasteiger partial charge < -0.3 is 14.8 Å². The number of halogens is 1. The smallest absolute Gasteiger partial charge is 0.222 e. The van der Waals surface area contributed by atoms with Crippen LogP contribution in [0.3, 0.4) is 0 Å². The molecule has 2 aromatic rings. The Kier molecular flexibility index (Phi) is 5.22. The molecule has 1 aromatic carbocycles. The van der Waals surface area contributed by atoms with Crippen molar-refractivity contribution in [3.05, 3.63) is 46.5 Å². The molecule has 6 nitrogen and oxygen atoms in total. The summed E-state index contributed by atoms with van der Waals surface area (Å²) in [7, 11) is 0. The van der Waals surface area contributed by atoms with Crippen molar-refractivity contribution in [2.75, 3.05) is 19.6 Å². The third kappa shape index (κ3) is 3.76. The molecule has 4 rings (SSSR count). The van der Waals surface area contributed by atoms with Crippen molar-refractivity contribution in [1.29, 1.82) is 0 Å². The van der Waals surface area contributed by atoms with Crippen LogP contribution >= 0.6 is 11.6 Å². The van der Waals surface area contributed by atoms with Crippen LogP contribution in [0.25, 0.3) is 0 Å². The minimum Gasteiger partial charge on any atom is -0.342 e. The van der Waals surface area contributed by atoms with Gasteiger partial charge in [-0.05, 0) is 37.0 Å². The molecule has 0 radical (unpaired) electrons. The molecule has 2 aliphatic heterocycles. The van der Waals surface area contributed by atoms with Crippen LogP contribution in [0.1, 0.15) is 42.4 Å². The Bertz CT molecular complexity index is 790. The maximum Gasteiger partial charge on any atom is 0.222 e. The van der Waals surface area contributed by atoms with Crippen LogP contribution in [0.5, 0.6) is 0 Å². The zero-order valence-corrected chi connectivity index (χ0v) is 15.6. The SMILES string of the molecule is O=C(CCc1cccc(Cl)c1)N1CCCC(c2nnc3n2CCNC3)C1. The van der Waals surface area contributed by atoms with Crippen LogP contribution < -0.4 is 5.32 Å². The van der Waals surface area contributed by atoms with E-state index in [1.165, 1.54) is 0 Å². The van der Waals surface area contributed by atoms with E-state index in [0.29, 0.717) is 12.3 Å². The van der Waals surface area contributed by atoms with E-state index in [1.54, 1.807) is 0 Å². The van der Waals surface area contributed by atoms with Crippen molar-refractivity contribution < 1.29 is 4.79 Å². The first-order valence-electron chi connectivity index (χ1n) is 9.35. The molecule has 1 N–H and O–H groups in total. The molecule has 1 atom stereocenters. The average molecular weight is 374 g/mol. The molecule has 0 aliphatic carbocycles. The van der Waals surface area contributed by atoms with Crippen molar-refractivity contribution in [3.63, 3.8) is 0 Å². The highest BCUT2D eigenvalue weighted by Crippen LogP contribution is 2.27. The van der Waals surface area contributed by atoms with Gasteiger partial charge in [0.1, 0.15) is 11.6 Å². The maximum absolute atomic E-state index is 12.7. The van der Waals surface area contributed by atoms with E-state index in [0.717, 1.165) is 74.2 Å². The lowest BCUT2D eigenvalue weighted by Gasteiger charge is -2.33. The average Bonchev–Trinajstić information content (AvgIpc) is 3.10. The van der Waals surface area contributed by atoms with Crippen LogP contribution in [0, 0.1) is 0 Å². The number of carbonyl (C=O) groups excluding carboxylic acids is 1. The largest absolute Gasteiger partial charge is 0.342 e. The van der Waals surface area contributed by atoms with Gasteiger partial charge in [0.2, 0.25) is 5.91 Å². The predicted molar refractivity (Wildman–Crippen MR) is 100 cm³/mol. The third-order valence-electron chi connectivity index (χ3n) is 5.31. The number of hydrogen-bond acceptors (Lipinski definition) is 4. The molecule has 1 fully saturated rings. The highest BCUT2D eigenvalue weighted by atomic mass is 35.5. The van der Waals surface area contributed by atoms with Crippen LogP contribution in [-0.2, 0) is 24.3 Å². The van der Waals surface area contributed by atoms with Crippen LogP contribution in [0.4, 0.5) is 0 Å². The second kappa shape index (κ2) is 7.76. The number of aromatic nitrogens is 3. The van der Waals surface area contributed by atoms with Crippen molar-refractivity contribution in [3.8, 4) is 0 Å². The van der Waals surface area contributed by atoms with E-state index >= 15 is 0 Å². The Balaban J connectivity index is 1.38. The van der Waals surface area contributed by atoms with E-state index < -0.39 is 0 Å². The summed E-state index contributed by atoms with van der Waals surface area (Å²) in [5, 5.41) is 12.8. The maximum atomic E-state index is 12.7. The topological polar surface area (TPSA) is 63.1 Å². The predicted octanol–water partition coefficient (Wildman–Crippen LogP) is 2.37. The zero-order chi connectivity index (χ0) is 17.9. The zero-order valence-electron chi connectivity index (χ0n) is 14.8. The van der Waals surface area contributed by atoms with E-state index in [-0.39, 0.29) is 5.91 Å². The van der Waals surface area contributed by atoms with Gasteiger partial charge in [0.05, 0.1) is 6.54 Å². The Hall–Kier alpha value is -1.92. The molecule has 1 amide bonds. The molecule has 2 aliphatic rings. The van der Waals surface area contributed by atoms with Gasteiger partial charge in [-0.25, -0.2) is 0 Å². The molecular formula is C19H24ClN5O. The monoisotopic (exact) mass is 373 g/mol. The van der Waals surface area contributed by atoms with Gasteiger partial charge in [-0.3, -0.25) is 4.79 Å². The molecule has 0 bridgehead atoms. The van der Waals surface area contributed by atoms with Gasteiger partial charge >= 0.3 is 0 Å². The molecular weight excluding hydrogens is 350 g/mol. The lowest BCUT2D eigenvalue weighted by Crippen LogP contribution is -2.40. The third-order valence-corrected chi connectivity index (χ3v) is 5.54. The second-order valence-corrected chi connectivity index (χ2v) is 7.55. The fourth-order valence-corrected chi connectivity index (χ4v) is 4.15. The van der Waals surface area contributed by atoms with Crippen molar-refractivity contribution in [2.24, 2.45) is 0 Å². The van der Waals surface area contributed by atoms with Gasteiger partial charge in [0.15, 0.2) is 0 Å². The summed E-state index contributed by atoms with van der Waals surface area (Å²) in [6.07, 6.45) is 3.35. The molecule has 7 heteroatoms. The number of rotatable bonds is 4. The van der Waals surface area contributed by atoms with Gasteiger partial charge in [-0.2, -0.15) is 0 Å². The normalized spacial score (nSPS) is 20.0. The van der Waals surface area contributed by atoms with Crippen molar-refractivity contribution in [1.82, 2.24) is 25.0 Å². The number of aryl methyl sites for hydroxylation is 1. The van der Waals surface area contributed by atoms with E-state index in [2.05, 4.69) is 20.1 Å². The molecule has 0 spiro atoms. The van der Waals surface area contributed by atoms with Gasteiger partial charge in [-0.1, -0.05) is 23.7 Å². The Morgan fingerprint density at radius 3 is 3.12 bits per heavy atom. The minimum atomic E-state index is 0.217. The van der Waals surface area contributed by atoms with Crippen LogP contribution in [0.2, 0.25) is 5.02 Å². The fraction of sp³-hybridized carbons (Fsp3) is 0.526. The first-order valence-corrected chi connectivity index (χ1v) is 9.73. The molecule has 3 heterocycles. The molecule has 138 valence electrons. The second-order valence-electron chi connectivity index (χ2n) is 7.11. The number of amides is 1. The molecule has 1 unspecified atom stereocenters. The number of likely N-dealkylation sites (tertiary alicyclic amines) is 1. The lowest BCUT2D eigenvalue weighted by atomic mass is 9.96. The lowest BCUT2D eigenvalue weighted by molar-refractivity contribution is -0.132. The summed E-state index contributed by atoms with van der Waals surface area (Å²) >= 11 is 6.03. The van der Waals surface area contributed by atoms with Crippen LogP contribution in [-0.4, -0.2) is 45.2 Å². The Morgan fingerprint density at radius 1 is 1.31 bits per heavy atom. The van der Waals surface area contributed by atoms with Crippen LogP contribution in [0.15, 0.2) is 24.3 Å². The molecule has 1 saturated heterocycles. The van der Waals surface area contributed by atoms with Gasteiger partial charge in [-0.15, -0.1) is 10.2 Å². The number of piperidine rings is 1. The van der Waals surface area contributed by atoms with E-state index in [9.17, 15) is 4.79 Å². The number of hydrogen-bond donors (Lipinski definition) is 1. The molecule has 1 aromatic heterocycles. The molecule has 0 saturated carbocycles. The Morgan fingerprint density at radius 2 is 2.23 bits per heavy atom. The molecule has 26 heavy (non-hydrogen) atoms. The summed E-state index contributed by atoms with van der Waals surface area (Å²) in [6.45, 7) is 4.24.